The predicted molar refractivity (Wildman–Crippen MR) is 90.4 cm³/mol. The minimum atomic E-state index is -4.71. The van der Waals surface area contributed by atoms with Crippen molar-refractivity contribution in [1.29, 1.82) is 0 Å². The zero-order valence-electron chi connectivity index (χ0n) is 14.8. The fourth-order valence-electron chi connectivity index (χ4n) is 2.44. The van der Waals surface area contributed by atoms with Crippen molar-refractivity contribution in [1.82, 2.24) is 9.97 Å². The van der Waals surface area contributed by atoms with E-state index >= 15 is 0 Å². The highest BCUT2D eigenvalue weighted by molar-refractivity contribution is 5.45. The van der Waals surface area contributed by atoms with E-state index in [1.165, 1.54) is 19.0 Å². The monoisotopic (exact) mass is 390 g/mol. The molecule has 2 aromatic rings. The zero-order valence-corrected chi connectivity index (χ0v) is 14.8. The minimum absolute atomic E-state index is 0.0127. The van der Waals surface area contributed by atoms with Crippen LogP contribution in [0.5, 0.6) is 0 Å². The number of hydrogen-bond donors (Lipinski definition) is 2. The van der Waals surface area contributed by atoms with E-state index in [0.717, 1.165) is 24.3 Å². The lowest BCUT2D eigenvalue weighted by Crippen LogP contribution is -2.30. The van der Waals surface area contributed by atoms with Crippen LogP contribution in [0, 0.1) is 11.6 Å². The molecule has 0 unspecified atom stereocenters. The molecule has 0 radical (unpaired) electrons. The Balaban J connectivity index is 2.39. The van der Waals surface area contributed by atoms with Gasteiger partial charge in [0.25, 0.3) is 0 Å². The smallest absolute Gasteiger partial charge is 0.386 e. The molecule has 0 spiro atoms. The van der Waals surface area contributed by atoms with Crippen molar-refractivity contribution in [3.8, 4) is 0 Å². The molecule has 2 N–H and O–H groups in total. The van der Waals surface area contributed by atoms with Gasteiger partial charge in [-0.15, -0.1) is 0 Å². The van der Waals surface area contributed by atoms with E-state index in [0.29, 0.717) is 0 Å². The number of aliphatic hydroxyl groups is 1. The molecule has 1 aromatic carbocycles. The summed E-state index contributed by atoms with van der Waals surface area (Å²) in [6.07, 6.45) is -6.22. The molecule has 1 heterocycles. The van der Waals surface area contributed by atoms with Gasteiger partial charge in [-0.1, -0.05) is 13.0 Å². The van der Waals surface area contributed by atoms with Crippen LogP contribution in [0.2, 0.25) is 0 Å². The quantitative estimate of drug-likeness (QED) is 0.736. The van der Waals surface area contributed by atoms with Crippen LogP contribution < -0.4 is 10.2 Å². The lowest BCUT2D eigenvalue weighted by Gasteiger charge is -2.25. The number of hydrogen-bond acceptors (Lipinski definition) is 5. The van der Waals surface area contributed by atoms with Crippen molar-refractivity contribution in [2.75, 3.05) is 24.3 Å². The van der Waals surface area contributed by atoms with Crippen LogP contribution in [0.25, 0.3) is 0 Å². The highest BCUT2D eigenvalue weighted by Gasteiger charge is 2.34. The third-order valence-corrected chi connectivity index (χ3v) is 3.89. The number of alkyl halides is 3. The Morgan fingerprint density at radius 1 is 1.15 bits per heavy atom. The van der Waals surface area contributed by atoms with E-state index in [9.17, 15) is 27.1 Å². The lowest BCUT2D eigenvalue weighted by atomic mass is 9.99. The number of aliphatic hydroxyl groups excluding tert-OH is 1. The molecule has 10 heteroatoms. The molecule has 27 heavy (non-hydrogen) atoms. The molecule has 0 aliphatic rings. The molecule has 5 nitrogen and oxygen atoms in total. The number of anilines is 2. The van der Waals surface area contributed by atoms with Crippen LogP contribution in [-0.2, 0) is 6.18 Å². The molecule has 0 bridgehead atoms. The third-order valence-electron chi connectivity index (χ3n) is 3.89. The number of halogens is 5. The molecule has 0 aliphatic carbocycles. The van der Waals surface area contributed by atoms with Gasteiger partial charge in [-0.05, 0) is 18.6 Å². The molecule has 0 saturated carbocycles. The normalized spacial score (nSPS) is 14.0. The van der Waals surface area contributed by atoms with Gasteiger partial charge in [-0.3, -0.25) is 0 Å². The Labute approximate surface area is 152 Å². The van der Waals surface area contributed by atoms with Crippen LogP contribution in [0.15, 0.2) is 24.3 Å². The number of rotatable bonds is 6. The van der Waals surface area contributed by atoms with Gasteiger partial charge >= 0.3 is 6.18 Å². The fourth-order valence-corrected chi connectivity index (χ4v) is 2.44. The van der Waals surface area contributed by atoms with Crippen molar-refractivity contribution in [3.05, 3.63) is 47.2 Å². The molecule has 2 atom stereocenters. The molecule has 0 fully saturated rings. The Hall–Kier alpha value is -2.49. The van der Waals surface area contributed by atoms with Crippen LogP contribution >= 0.6 is 0 Å². The van der Waals surface area contributed by atoms with Gasteiger partial charge in [0, 0.05) is 20.2 Å². The highest BCUT2D eigenvalue weighted by Crippen LogP contribution is 2.31. The third kappa shape index (κ3) is 4.82. The fraction of sp³-hybridized carbons (Fsp3) is 0.412. The van der Waals surface area contributed by atoms with Gasteiger partial charge in [-0.25, -0.2) is 13.8 Å². The number of benzene rings is 1. The molecule has 0 aliphatic heterocycles. The zero-order chi connectivity index (χ0) is 20.4. The summed E-state index contributed by atoms with van der Waals surface area (Å²) < 4.78 is 67.0. The van der Waals surface area contributed by atoms with E-state index in [2.05, 4.69) is 15.3 Å². The van der Waals surface area contributed by atoms with Crippen molar-refractivity contribution >= 4 is 11.8 Å². The van der Waals surface area contributed by atoms with Crippen molar-refractivity contribution in [2.24, 2.45) is 0 Å². The van der Waals surface area contributed by atoms with Crippen LogP contribution in [0.4, 0.5) is 33.7 Å². The lowest BCUT2D eigenvalue weighted by molar-refractivity contribution is -0.141. The maximum Gasteiger partial charge on any atom is 0.433 e. The van der Waals surface area contributed by atoms with E-state index in [-0.39, 0.29) is 12.2 Å². The number of aromatic nitrogens is 2. The van der Waals surface area contributed by atoms with E-state index in [1.807, 2.05) is 0 Å². The van der Waals surface area contributed by atoms with Crippen molar-refractivity contribution in [2.45, 2.75) is 31.7 Å². The summed E-state index contributed by atoms with van der Waals surface area (Å²) in [4.78, 5) is 8.74. The second-order valence-electron chi connectivity index (χ2n) is 6.07. The summed E-state index contributed by atoms with van der Waals surface area (Å²) in [6.45, 7) is 1.60. The first-order valence-electron chi connectivity index (χ1n) is 8.06. The van der Waals surface area contributed by atoms with Crippen LogP contribution in [0.3, 0.4) is 0 Å². The molecule has 1 aromatic heterocycles. The van der Waals surface area contributed by atoms with Gasteiger partial charge in [-0.2, -0.15) is 18.2 Å². The Kier molecular flexibility index (Phi) is 6.19. The second kappa shape index (κ2) is 8.03. The Morgan fingerprint density at radius 2 is 1.74 bits per heavy atom. The standard InChI is InChI=1S/C17H19F5N4O/c1-4-11(15(27)14-9(18)6-5-7-10(14)19)23-16-24-12(17(20,21)22)8-13(25-16)26(2)3/h5-8,11,15,27H,4H2,1-3H3,(H,23,24,25)/t11-,15-/m1/s1. The largest absolute Gasteiger partial charge is 0.433 e. The Bertz CT molecular complexity index is 777. The van der Waals surface area contributed by atoms with E-state index in [1.54, 1.807) is 6.92 Å². The van der Waals surface area contributed by atoms with Gasteiger partial charge in [0.1, 0.15) is 23.6 Å². The number of nitrogens with zero attached hydrogens (tertiary/aromatic N) is 3. The molecular formula is C17H19F5N4O. The van der Waals surface area contributed by atoms with Crippen molar-refractivity contribution < 1.29 is 27.1 Å². The van der Waals surface area contributed by atoms with Gasteiger partial charge in [0.2, 0.25) is 5.95 Å². The molecule has 148 valence electrons. The summed E-state index contributed by atoms with van der Waals surface area (Å²) >= 11 is 0. The average molecular weight is 390 g/mol. The molecule has 0 saturated heterocycles. The Morgan fingerprint density at radius 3 is 2.22 bits per heavy atom. The van der Waals surface area contributed by atoms with Gasteiger partial charge < -0.3 is 15.3 Å². The van der Waals surface area contributed by atoms with Gasteiger partial charge in [0.05, 0.1) is 11.6 Å². The summed E-state index contributed by atoms with van der Waals surface area (Å²) in [6, 6.07) is 2.88. The highest BCUT2D eigenvalue weighted by atomic mass is 19.4. The molecule has 2 rings (SSSR count). The van der Waals surface area contributed by atoms with Gasteiger partial charge in [0.15, 0.2) is 5.69 Å². The SMILES string of the molecule is CC[C@@H](Nc1nc(N(C)C)cc(C(F)(F)F)n1)[C@@H](O)c1c(F)cccc1F. The first kappa shape index (κ1) is 20.8. The first-order chi connectivity index (χ1) is 12.5. The first-order valence-corrected chi connectivity index (χ1v) is 8.06. The maximum absolute atomic E-state index is 13.9. The summed E-state index contributed by atoms with van der Waals surface area (Å²) in [7, 11) is 3.01. The van der Waals surface area contributed by atoms with Crippen molar-refractivity contribution in [3.63, 3.8) is 0 Å². The summed E-state index contributed by atoms with van der Waals surface area (Å²) in [5.74, 6) is -2.33. The average Bonchev–Trinajstić information content (AvgIpc) is 2.58. The van der Waals surface area contributed by atoms with Crippen LogP contribution in [-0.4, -0.2) is 35.2 Å². The maximum atomic E-state index is 13.9. The number of nitrogens with one attached hydrogen (secondary N) is 1. The van der Waals surface area contributed by atoms with Crippen LogP contribution in [0.1, 0.15) is 30.7 Å². The molecule has 0 amide bonds. The van der Waals surface area contributed by atoms with E-state index < -0.39 is 47.2 Å². The summed E-state index contributed by atoms with van der Waals surface area (Å²) in [5, 5.41) is 12.9. The minimum Gasteiger partial charge on any atom is -0.386 e. The predicted octanol–water partition coefficient (Wildman–Crippen LogP) is 3.76. The second-order valence-corrected chi connectivity index (χ2v) is 6.07. The molecular weight excluding hydrogens is 371 g/mol. The van der Waals surface area contributed by atoms with E-state index in [4.69, 9.17) is 0 Å². The summed E-state index contributed by atoms with van der Waals surface area (Å²) in [5.41, 5.74) is -1.75. The topological polar surface area (TPSA) is 61.3 Å².